The van der Waals surface area contributed by atoms with Crippen LogP contribution in [0.15, 0.2) is 191 Å². The minimum absolute atomic E-state index is 0.101. The number of unbranched alkanes of at least 4 members (excludes halogenated alkanes) is 20. The number of anilines is 3. The first-order valence-electron chi connectivity index (χ1n) is 40.9. The molecular formula is C100H113NO2. The second-order valence-electron chi connectivity index (χ2n) is 32.4. The molecule has 0 radical (unpaired) electrons. The predicted octanol–water partition coefficient (Wildman–Crippen LogP) is 31.1. The SMILES string of the molecule is CCCCCCCCC1(CCCCCCCC)c2cc(N(c3ccc4c(c3)C(C)(C)c3cc(-c5ccc(-c6ccccc6)cc5)c5oc6ccccc6c5c3-4)c3c(C)cc(C)cc3C)ccc2-c2cc3c(cc21)-c1c(ccc2oc4ccccc4c12)C3(CCCCCCCC)CCCCCCCC. The molecule has 3 nitrogen and oxygen atoms in total. The van der Waals surface area contributed by atoms with Gasteiger partial charge in [0.1, 0.15) is 22.3 Å². The lowest BCUT2D eigenvalue weighted by molar-refractivity contribution is 0.394. The van der Waals surface area contributed by atoms with Crippen LogP contribution in [0, 0.1) is 20.8 Å². The Kier molecular flexibility index (Phi) is 20.7. The van der Waals surface area contributed by atoms with Crippen molar-refractivity contribution in [3.63, 3.8) is 0 Å². The van der Waals surface area contributed by atoms with E-state index in [1.807, 2.05) is 0 Å². The summed E-state index contributed by atoms with van der Waals surface area (Å²) in [6.45, 7) is 21.4. The molecule has 103 heavy (non-hydrogen) atoms. The number of hydrogen-bond donors (Lipinski definition) is 0. The summed E-state index contributed by atoms with van der Waals surface area (Å²) < 4.78 is 14.0. The molecule has 12 aromatic rings. The average molecular weight is 1360 g/mol. The van der Waals surface area contributed by atoms with Gasteiger partial charge in [0.05, 0.1) is 5.69 Å². The Morgan fingerprint density at radius 2 is 0.748 bits per heavy atom. The van der Waals surface area contributed by atoms with E-state index in [2.05, 4.69) is 249 Å². The first kappa shape index (κ1) is 70.3. The number of para-hydroxylation sites is 2. The predicted molar refractivity (Wildman–Crippen MR) is 443 cm³/mol. The van der Waals surface area contributed by atoms with Crippen molar-refractivity contribution in [3.8, 4) is 55.6 Å². The number of fused-ring (bicyclic) bond motifs is 17. The molecule has 0 saturated heterocycles. The number of hydrogen-bond acceptors (Lipinski definition) is 3. The van der Waals surface area contributed by atoms with Gasteiger partial charge in [-0.25, -0.2) is 0 Å². The van der Waals surface area contributed by atoms with Crippen LogP contribution in [0.4, 0.5) is 17.1 Å². The number of rotatable bonds is 33. The smallest absolute Gasteiger partial charge is 0.143 e. The molecule has 0 fully saturated rings. The van der Waals surface area contributed by atoms with Crippen molar-refractivity contribution in [2.24, 2.45) is 0 Å². The summed E-state index contributed by atoms with van der Waals surface area (Å²) in [6.07, 6.45) is 35.6. The molecule has 0 N–H and O–H groups in total. The topological polar surface area (TPSA) is 29.5 Å². The fraction of sp³-hybridized carbons (Fsp3) is 0.400. The molecule has 0 aliphatic heterocycles. The molecule has 15 rings (SSSR count). The van der Waals surface area contributed by atoms with E-state index in [-0.39, 0.29) is 16.2 Å². The van der Waals surface area contributed by atoms with Crippen molar-refractivity contribution >= 4 is 60.9 Å². The van der Waals surface area contributed by atoms with Crippen LogP contribution in [0.1, 0.15) is 271 Å². The molecule has 0 atom stereocenters. The molecular weight excluding hydrogens is 1250 g/mol. The monoisotopic (exact) mass is 1360 g/mol. The van der Waals surface area contributed by atoms with Gasteiger partial charge in [0.25, 0.3) is 0 Å². The first-order valence-corrected chi connectivity index (χ1v) is 40.9. The highest BCUT2D eigenvalue weighted by Gasteiger charge is 2.49. The second-order valence-corrected chi connectivity index (χ2v) is 32.4. The molecule has 3 aliphatic carbocycles. The quantitative estimate of drug-likeness (QED) is 0.0384. The van der Waals surface area contributed by atoms with Crippen molar-refractivity contribution in [3.05, 3.63) is 232 Å². The Morgan fingerprint density at radius 1 is 0.311 bits per heavy atom. The van der Waals surface area contributed by atoms with E-state index >= 15 is 0 Å². The van der Waals surface area contributed by atoms with Gasteiger partial charge in [-0.2, -0.15) is 0 Å². The van der Waals surface area contributed by atoms with Crippen LogP contribution < -0.4 is 4.90 Å². The zero-order valence-electron chi connectivity index (χ0n) is 63.9. The molecule has 2 heterocycles. The normalized spacial score (nSPS) is 14.2. The maximum absolute atomic E-state index is 7.07. The number of furan rings is 2. The summed E-state index contributed by atoms with van der Waals surface area (Å²) >= 11 is 0. The maximum Gasteiger partial charge on any atom is 0.143 e. The third kappa shape index (κ3) is 12.9. The Hall–Kier alpha value is -8.40. The molecule has 10 aromatic carbocycles. The Bertz CT molecular complexity index is 4950. The van der Waals surface area contributed by atoms with Crippen LogP contribution in [0.3, 0.4) is 0 Å². The molecule has 2 aromatic heterocycles. The highest BCUT2D eigenvalue weighted by atomic mass is 16.3. The lowest BCUT2D eigenvalue weighted by Gasteiger charge is -2.35. The van der Waals surface area contributed by atoms with Crippen LogP contribution in [0.2, 0.25) is 0 Å². The van der Waals surface area contributed by atoms with E-state index in [4.69, 9.17) is 8.83 Å². The summed E-state index contributed by atoms with van der Waals surface area (Å²) in [5.41, 5.74) is 33.1. The molecule has 0 amide bonds. The van der Waals surface area contributed by atoms with Crippen molar-refractivity contribution in [1.29, 1.82) is 0 Å². The van der Waals surface area contributed by atoms with Crippen molar-refractivity contribution in [2.45, 2.75) is 258 Å². The molecule has 3 heteroatoms. The molecule has 0 saturated carbocycles. The highest BCUT2D eigenvalue weighted by molar-refractivity contribution is 6.19. The molecule has 0 unspecified atom stereocenters. The molecule has 0 bridgehead atoms. The summed E-state index contributed by atoms with van der Waals surface area (Å²) in [5, 5.41) is 4.96. The van der Waals surface area contributed by atoms with Crippen LogP contribution in [-0.4, -0.2) is 0 Å². The zero-order chi connectivity index (χ0) is 70.8. The van der Waals surface area contributed by atoms with Gasteiger partial charge in [-0.3, -0.25) is 0 Å². The van der Waals surface area contributed by atoms with Crippen molar-refractivity contribution in [2.75, 3.05) is 4.90 Å². The van der Waals surface area contributed by atoms with Gasteiger partial charge in [-0.05, 0) is 202 Å². The van der Waals surface area contributed by atoms with Crippen LogP contribution >= 0.6 is 0 Å². The number of nitrogens with zero attached hydrogens (tertiary/aromatic N) is 1. The van der Waals surface area contributed by atoms with E-state index < -0.39 is 0 Å². The highest BCUT2D eigenvalue weighted by Crippen LogP contribution is 2.64. The fourth-order valence-corrected chi connectivity index (χ4v) is 19.9. The van der Waals surface area contributed by atoms with Gasteiger partial charge in [-0.15, -0.1) is 0 Å². The van der Waals surface area contributed by atoms with Crippen molar-refractivity contribution in [1.82, 2.24) is 0 Å². The summed E-state index contributed by atoms with van der Waals surface area (Å²) in [5.74, 6) is 0. The van der Waals surface area contributed by atoms with E-state index in [1.54, 1.807) is 22.3 Å². The van der Waals surface area contributed by atoms with Gasteiger partial charge in [0.15, 0.2) is 0 Å². The van der Waals surface area contributed by atoms with Crippen molar-refractivity contribution < 1.29 is 8.83 Å². The van der Waals surface area contributed by atoms with Crippen LogP contribution in [-0.2, 0) is 16.2 Å². The van der Waals surface area contributed by atoms with Gasteiger partial charge in [0.2, 0.25) is 0 Å². The Morgan fingerprint density at radius 3 is 1.33 bits per heavy atom. The Balaban J connectivity index is 0.925. The van der Waals surface area contributed by atoms with E-state index in [0.717, 1.165) is 46.3 Å². The zero-order valence-corrected chi connectivity index (χ0v) is 63.9. The molecule has 530 valence electrons. The summed E-state index contributed by atoms with van der Waals surface area (Å²) in [7, 11) is 0. The van der Waals surface area contributed by atoms with Gasteiger partial charge >= 0.3 is 0 Å². The van der Waals surface area contributed by atoms with Gasteiger partial charge in [-0.1, -0.05) is 323 Å². The number of benzene rings is 10. The van der Waals surface area contributed by atoms with Gasteiger partial charge < -0.3 is 13.7 Å². The summed E-state index contributed by atoms with van der Waals surface area (Å²) in [4.78, 5) is 2.69. The van der Waals surface area contributed by atoms with E-state index in [9.17, 15) is 0 Å². The van der Waals surface area contributed by atoms with E-state index in [0.29, 0.717) is 0 Å². The Labute approximate surface area is 616 Å². The fourth-order valence-electron chi connectivity index (χ4n) is 19.9. The molecule has 3 aliphatic rings. The third-order valence-electron chi connectivity index (χ3n) is 25.1. The van der Waals surface area contributed by atoms with Crippen LogP contribution in [0.5, 0.6) is 0 Å². The largest absolute Gasteiger partial charge is 0.456 e. The second kappa shape index (κ2) is 30.4. The minimum atomic E-state index is -0.343. The molecule has 0 spiro atoms. The third-order valence-corrected chi connectivity index (χ3v) is 25.1. The maximum atomic E-state index is 7.07. The minimum Gasteiger partial charge on any atom is -0.456 e. The lowest BCUT2D eigenvalue weighted by Crippen LogP contribution is -2.27. The first-order chi connectivity index (χ1) is 50.4. The average Bonchev–Trinajstić information content (AvgIpc) is 1.53. The summed E-state index contributed by atoms with van der Waals surface area (Å²) in [6, 6.07) is 71.0. The van der Waals surface area contributed by atoms with Gasteiger partial charge in [0, 0.05) is 54.7 Å². The van der Waals surface area contributed by atoms with E-state index in [1.165, 1.54) is 278 Å². The lowest BCUT2D eigenvalue weighted by atomic mass is 9.68. The number of aryl methyl sites for hydroxylation is 3. The van der Waals surface area contributed by atoms with Crippen LogP contribution in [0.25, 0.3) is 99.5 Å². The standard InChI is InChI=1S/C100H113NO2/c1-10-14-18-22-26-37-57-99(58-38-27-23-19-15-11-2)83-55-56-91-94(78-43-33-35-45-89(78)102-91)93(83)82-67-86-81(66-87(82)99)76-53-51-75(64-85(76)100(86,59-39-28-24-20-16-12-3)60-40-29-25-21-17-13-4)101(96-69(6)61-68(5)62-70(96)7)74-52-54-77-84(63-74)98(8,9)88-65-80(73-49-47-72(48-50-73)71-41-31-30-32-42-71)97-95(92(77)88)79-44-34-36-46-90(79)103-97/h30-36,41-56,61-67H,10-29,37-40,57-60H2,1-9H3.